The maximum atomic E-state index is 3.87. The lowest BCUT2D eigenvalue weighted by molar-refractivity contribution is -0.114. The average molecular weight is 363 g/mol. The van der Waals surface area contributed by atoms with E-state index in [2.05, 4.69) is 92.1 Å². The number of fused-ring (bicyclic) bond motifs is 2. The number of benzene rings is 2. The molecule has 1 unspecified atom stereocenters. The first kappa shape index (κ1) is 18.7. The van der Waals surface area contributed by atoms with Gasteiger partial charge in [0, 0.05) is 19.1 Å². The van der Waals surface area contributed by atoms with Crippen molar-refractivity contribution in [1.29, 1.82) is 0 Å². The fourth-order valence-electron chi connectivity index (χ4n) is 5.61. The molecule has 2 heteroatoms. The van der Waals surface area contributed by atoms with E-state index < -0.39 is 0 Å². The number of rotatable bonds is 7. The van der Waals surface area contributed by atoms with Crippen LogP contribution in [0.15, 0.2) is 60.7 Å². The molecular formula is C25H34N2. The van der Waals surface area contributed by atoms with Gasteiger partial charge in [0.2, 0.25) is 0 Å². The van der Waals surface area contributed by atoms with Gasteiger partial charge in [-0.3, -0.25) is 0 Å². The summed E-state index contributed by atoms with van der Waals surface area (Å²) in [5, 5.41) is 7.65. The zero-order chi connectivity index (χ0) is 18.9. The van der Waals surface area contributed by atoms with Gasteiger partial charge < -0.3 is 10.6 Å². The summed E-state index contributed by atoms with van der Waals surface area (Å²) >= 11 is 0. The zero-order valence-corrected chi connectivity index (χ0v) is 17.0. The Morgan fingerprint density at radius 2 is 1.48 bits per heavy atom. The molecule has 0 radical (unpaired) electrons. The highest BCUT2D eigenvalue weighted by Gasteiger charge is 2.55. The van der Waals surface area contributed by atoms with Gasteiger partial charge >= 0.3 is 0 Å². The lowest BCUT2D eigenvalue weighted by Gasteiger charge is -2.62. The molecule has 2 aromatic rings. The largest absolute Gasteiger partial charge is 0.312 e. The molecule has 4 atom stereocenters. The molecule has 3 aliphatic carbocycles. The van der Waals surface area contributed by atoms with E-state index in [0.29, 0.717) is 11.5 Å². The van der Waals surface area contributed by atoms with Crippen LogP contribution in [0.2, 0.25) is 0 Å². The molecule has 2 bridgehead atoms. The normalized spacial score (nSPS) is 28.7. The van der Waals surface area contributed by atoms with Crippen molar-refractivity contribution in [3.8, 4) is 0 Å². The highest BCUT2D eigenvalue weighted by Crippen LogP contribution is 2.61. The van der Waals surface area contributed by atoms with E-state index in [1.807, 2.05) is 0 Å². The van der Waals surface area contributed by atoms with Gasteiger partial charge in [-0.2, -0.15) is 0 Å². The molecule has 3 fully saturated rings. The summed E-state index contributed by atoms with van der Waals surface area (Å²) < 4.78 is 0. The highest BCUT2D eigenvalue weighted by atomic mass is 15.0. The third-order valence-corrected chi connectivity index (χ3v) is 7.50. The smallest absolute Gasteiger partial charge is 0.0577 e. The summed E-state index contributed by atoms with van der Waals surface area (Å²) in [6, 6.07) is 22.5. The minimum absolute atomic E-state index is 0.255. The summed E-state index contributed by atoms with van der Waals surface area (Å²) in [5.74, 6) is 2.62. The Bertz CT molecular complexity index is 685. The zero-order valence-electron chi connectivity index (χ0n) is 17.0. The lowest BCUT2D eigenvalue weighted by Crippen LogP contribution is -2.60. The Morgan fingerprint density at radius 3 is 2.00 bits per heavy atom. The number of hydrogen-bond acceptors (Lipinski definition) is 2. The second-order valence-corrected chi connectivity index (χ2v) is 9.22. The van der Waals surface area contributed by atoms with Crippen molar-refractivity contribution in [2.24, 2.45) is 23.2 Å². The molecule has 0 aromatic heterocycles. The second-order valence-electron chi connectivity index (χ2n) is 9.22. The summed E-state index contributed by atoms with van der Waals surface area (Å²) in [6.45, 7) is 9.43. The minimum Gasteiger partial charge on any atom is -0.312 e. The molecule has 0 aliphatic heterocycles. The van der Waals surface area contributed by atoms with E-state index >= 15 is 0 Å². The predicted octanol–water partition coefficient (Wildman–Crippen LogP) is 5.03. The van der Waals surface area contributed by atoms with Crippen molar-refractivity contribution in [2.45, 2.75) is 45.7 Å². The van der Waals surface area contributed by atoms with Gasteiger partial charge in [-0.25, -0.2) is 0 Å². The van der Waals surface area contributed by atoms with Crippen molar-refractivity contribution < 1.29 is 0 Å². The van der Waals surface area contributed by atoms with E-state index in [4.69, 9.17) is 0 Å². The van der Waals surface area contributed by atoms with Gasteiger partial charge in [-0.1, -0.05) is 81.4 Å². The lowest BCUT2D eigenvalue weighted by atomic mass is 9.45. The van der Waals surface area contributed by atoms with Crippen molar-refractivity contribution >= 4 is 0 Å². The Labute approximate surface area is 164 Å². The van der Waals surface area contributed by atoms with Crippen LogP contribution >= 0.6 is 0 Å². The summed E-state index contributed by atoms with van der Waals surface area (Å²) in [7, 11) is 0. The number of nitrogens with one attached hydrogen (secondary N) is 2. The fourth-order valence-corrected chi connectivity index (χ4v) is 5.61. The summed E-state index contributed by atoms with van der Waals surface area (Å²) in [4.78, 5) is 0. The second kappa shape index (κ2) is 7.77. The molecule has 3 saturated carbocycles. The van der Waals surface area contributed by atoms with Crippen molar-refractivity contribution in [2.75, 3.05) is 13.1 Å². The topological polar surface area (TPSA) is 24.1 Å². The Balaban J connectivity index is 1.33. The molecule has 0 saturated heterocycles. The molecule has 5 rings (SSSR count). The molecule has 2 nitrogen and oxygen atoms in total. The molecule has 3 aliphatic rings. The van der Waals surface area contributed by atoms with Crippen LogP contribution in [0.3, 0.4) is 0 Å². The van der Waals surface area contributed by atoms with Gasteiger partial charge in [-0.15, -0.1) is 0 Å². The van der Waals surface area contributed by atoms with Crippen LogP contribution in [0.1, 0.15) is 50.8 Å². The average Bonchev–Trinajstić information content (AvgIpc) is 2.70. The Kier molecular flexibility index (Phi) is 5.39. The Morgan fingerprint density at radius 1 is 0.889 bits per heavy atom. The summed E-state index contributed by atoms with van der Waals surface area (Å²) in [6.07, 6.45) is 2.81. The van der Waals surface area contributed by atoms with Gasteiger partial charge in [0.25, 0.3) is 0 Å². The third kappa shape index (κ3) is 3.70. The quantitative estimate of drug-likeness (QED) is 0.675. The first-order valence-electron chi connectivity index (χ1n) is 10.6. The van der Waals surface area contributed by atoms with Crippen LogP contribution in [0, 0.1) is 23.2 Å². The highest BCUT2D eigenvalue weighted by molar-refractivity contribution is 5.31. The summed E-state index contributed by atoms with van der Waals surface area (Å²) in [5.41, 5.74) is 3.23. The van der Waals surface area contributed by atoms with E-state index in [-0.39, 0.29) is 6.04 Å². The van der Waals surface area contributed by atoms with Crippen LogP contribution in [-0.2, 0) is 0 Å². The first-order valence-corrected chi connectivity index (χ1v) is 10.6. The Hall–Kier alpha value is -1.64. The van der Waals surface area contributed by atoms with Crippen LogP contribution in [0.4, 0.5) is 0 Å². The third-order valence-electron chi connectivity index (χ3n) is 7.50. The maximum absolute atomic E-state index is 3.87. The molecule has 0 heterocycles. The van der Waals surface area contributed by atoms with Gasteiger partial charge in [0.05, 0.1) is 6.04 Å². The van der Waals surface area contributed by atoms with E-state index in [9.17, 15) is 0 Å². The molecular weight excluding hydrogens is 328 g/mol. The van der Waals surface area contributed by atoms with Gasteiger partial charge in [0.1, 0.15) is 0 Å². The maximum Gasteiger partial charge on any atom is 0.0577 e. The van der Waals surface area contributed by atoms with Crippen molar-refractivity contribution in [3.63, 3.8) is 0 Å². The molecule has 2 N–H and O–H groups in total. The van der Waals surface area contributed by atoms with Crippen molar-refractivity contribution in [1.82, 2.24) is 10.6 Å². The monoisotopic (exact) mass is 362 g/mol. The van der Waals surface area contributed by atoms with Crippen LogP contribution in [0.5, 0.6) is 0 Å². The van der Waals surface area contributed by atoms with Crippen LogP contribution in [-0.4, -0.2) is 19.1 Å². The van der Waals surface area contributed by atoms with Gasteiger partial charge in [-0.05, 0) is 47.1 Å². The number of hydrogen-bond donors (Lipinski definition) is 2. The van der Waals surface area contributed by atoms with Crippen LogP contribution < -0.4 is 10.6 Å². The minimum atomic E-state index is 0.255. The molecule has 0 spiro atoms. The fraction of sp³-hybridized carbons (Fsp3) is 0.520. The van der Waals surface area contributed by atoms with E-state index in [1.165, 1.54) is 24.0 Å². The van der Waals surface area contributed by atoms with E-state index in [0.717, 1.165) is 30.8 Å². The first-order chi connectivity index (χ1) is 13.1. The predicted molar refractivity (Wildman–Crippen MR) is 114 cm³/mol. The molecule has 27 heavy (non-hydrogen) atoms. The molecule has 2 aromatic carbocycles. The SMILES string of the molecule is C[C@@H]1[C@H]2CC(C[C@H]1NCCNC(c1ccccc1)c1ccccc1)C2(C)C. The molecule has 144 valence electrons. The van der Waals surface area contributed by atoms with Crippen molar-refractivity contribution in [3.05, 3.63) is 71.8 Å². The standard InChI is InChI=1S/C25H34N2/c1-18-22-16-21(25(22,2)3)17-23(18)26-14-15-27-24(19-10-6-4-7-11-19)20-12-8-5-9-13-20/h4-13,18,21-24,26-27H,14-17H2,1-3H3/t18-,21?,22-,23-/m1/s1. The van der Waals surface area contributed by atoms with Crippen LogP contribution in [0.25, 0.3) is 0 Å². The molecule has 0 amide bonds. The van der Waals surface area contributed by atoms with E-state index in [1.54, 1.807) is 0 Å². The van der Waals surface area contributed by atoms with Gasteiger partial charge in [0.15, 0.2) is 0 Å².